The van der Waals surface area contributed by atoms with E-state index in [2.05, 4.69) is 6.92 Å². The van der Waals surface area contributed by atoms with Crippen LogP contribution in [-0.2, 0) is 0 Å². The Bertz CT molecular complexity index is 168. The molecule has 0 spiro atoms. The Balaban J connectivity index is 2.75. The van der Waals surface area contributed by atoms with E-state index in [1.54, 1.807) is 0 Å². The summed E-state index contributed by atoms with van der Waals surface area (Å²) < 4.78 is 0. The maximum Gasteiger partial charge on any atom is 0.0552 e. The molecule has 2 heteroatoms. The number of hydrogen-bond acceptors (Lipinski definition) is 0. The van der Waals surface area contributed by atoms with E-state index < -0.39 is 0 Å². The Morgan fingerprint density at radius 3 is 2.56 bits per heavy atom. The van der Waals surface area contributed by atoms with Crippen molar-refractivity contribution >= 4 is 23.2 Å². The van der Waals surface area contributed by atoms with Crippen molar-refractivity contribution in [2.75, 3.05) is 0 Å². The number of allylic oxidation sites excluding steroid dienone is 4. The van der Waals surface area contributed by atoms with Gasteiger partial charge in [0.2, 0.25) is 0 Å². The van der Waals surface area contributed by atoms with Gasteiger partial charge in [0.15, 0.2) is 0 Å². The van der Waals surface area contributed by atoms with Crippen LogP contribution in [0.5, 0.6) is 0 Å². The molecule has 0 aliphatic heterocycles. The second-order valence-electron chi connectivity index (χ2n) is 2.28. The second-order valence-corrected chi connectivity index (χ2v) is 3.09. The molecule has 1 unspecified atom stereocenters. The van der Waals surface area contributed by atoms with Crippen molar-refractivity contribution in [3.63, 3.8) is 0 Å². The Hall–Kier alpha value is 0.0600. The summed E-state index contributed by atoms with van der Waals surface area (Å²) in [7, 11) is 0. The van der Waals surface area contributed by atoms with Gasteiger partial charge in [-0.2, -0.15) is 0 Å². The van der Waals surface area contributed by atoms with Gasteiger partial charge in [-0.25, -0.2) is 0 Å². The lowest BCUT2D eigenvalue weighted by atomic mass is 10.0. The van der Waals surface area contributed by atoms with Gasteiger partial charge in [0.1, 0.15) is 0 Å². The fraction of sp³-hybridized carbons (Fsp3) is 0.429. The zero-order chi connectivity index (χ0) is 6.85. The molecule has 0 heterocycles. The summed E-state index contributed by atoms with van der Waals surface area (Å²) in [6, 6.07) is 0. The summed E-state index contributed by atoms with van der Waals surface area (Å²) in [5.41, 5.74) is 0. The fourth-order valence-electron chi connectivity index (χ4n) is 0.784. The third-order valence-electron chi connectivity index (χ3n) is 1.33. The lowest BCUT2D eigenvalue weighted by Crippen LogP contribution is -1.93. The zero-order valence-electron chi connectivity index (χ0n) is 5.20. The van der Waals surface area contributed by atoms with Gasteiger partial charge in [-0.05, 0) is 12.3 Å². The van der Waals surface area contributed by atoms with E-state index >= 15 is 0 Å². The molecule has 9 heavy (non-hydrogen) atoms. The Morgan fingerprint density at radius 1 is 1.44 bits per heavy atom. The van der Waals surface area contributed by atoms with Crippen molar-refractivity contribution in [1.82, 2.24) is 0 Å². The molecular formula is C7H8Cl2. The molecule has 0 nitrogen and oxygen atoms in total. The van der Waals surface area contributed by atoms with Crippen LogP contribution < -0.4 is 0 Å². The molecule has 0 N–H and O–H groups in total. The third kappa shape index (κ3) is 1.74. The normalized spacial score (nSPS) is 27.2. The van der Waals surface area contributed by atoms with Crippen LogP contribution in [0.25, 0.3) is 0 Å². The molecule has 50 valence electrons. The zero-order valence-corrected chi connectivity index (χ0v) is 6.71. The summed E-state index contributed by atoms with van der Waals surface area (Å²) in [4.78, 5) is 0. The first-order valence-electron chi connectivity index (χ1n) is 2.93. The molecular weight excluding hydrogens is 155 g/mol. The molecule has 0 saturated carbocycles. The largest absolute Gasteiger partial charge is 0.0831 e. The van der Waals surface area contributed by atoms with Gasteiger partial charge >= 0.3 is 0 Å². The van der Waals surface area contributed by atoms with Crippen molar-refractivity contribution < 1.29 is 0 Å². The second kappa shape index (κ2) is 2.76. The minimum absolute atomic E-state index is 0.542. The lowest BCUT2D eigenvalue weighted by molar-refractivity contribution is 0.733. The predicted molar refractivity (Wildman–Crippen MR) is 41.7 cm³/mol. The Labute approximate surface area is 65.2 Å². The Kier molecular flexibility index (Phi) is 2.20. The molecule has 0 saturated heterocycles. The predicted octanol–water partition coefficient (Wildman–Crippen LogP) is 3.27. The van der Waals surface area contributed by atoms with E-state index in [0.29, 0.717) is 16.0 Å². The highest BCUT2D eigenvalue weighted by molar-refractivity contribution is 6.44. The summed E-state index contributed by atoms with van der Waals surface area (Å²) in [6.45, 7) is 2.11. The molecule has 1 aliphatic carbocycles. The summed E-state index contributed by atoms with van der Waals surface area (Å²) in [6.07, 6.45) is 4.94. The minimum Gasteiger partial charge on any atom is -0.0831 e. The quantitative estimate of drug-likeness (QED) is 0.514. The van der Waals surface area contributed by atoms with Gasteiger partial charge in [0.05, 0.1) is 10.1 Å². The van der Waals surface area contributed by atoms with Crippen molar-refractivity contribution in [1.29, 1.82) is 0 Å². The van der Waals surface area contributed by atoms with Gasteiger partial charge in [-0.3, -0.25) is 0 Å². The van der Waals surface area contributed by atoms with Gasteiger partial charge < -0.3 is 0 Å². The monoisotopic (exact) mass is 162 g/mol. The maximum absolute atomic E-state index is 5.72. The molecule has 0 fully saturated rings. The summed E-state index contributed by atoms with van der Waals surface area (Å²) in [5, 5.41) is 1.38. The van der Waals surface area contributed by atoms with E-state index in [1.165, 1.54) is 0 Å². The first kappa shape index (κ1) is 7.17. The Morgan fingerprint density at radius 2 is 2.11 bits per heavy atom. The van der Waals surface area contributed by atoms with Crippen LogP contribution >= 0.6 is 23.2 Å². The van der Waals surface area contributed by atoms with Crippen molar-refractivity contribution in [2.24, 2.45) is 5.92 Å². The van der Waals surface area contributed by atoms with Crippen LogP contribution in [0.15, 0.2) is 22.2 Å². The van der Waals surface area contributed by atoms with Crippen molar-refractivity contribution in [2.45, 2.75) is 13.3 Å². The average Bonchev–Trinajstić information content (AvgIpc) is 1.80. The van der Waals surface area contributed by atoms with E-state index in [0.717, 1.165) is 6.42 Å². The first-order valence-corrected chi connectivity index (χ1v) is 3.69. The van der Waals surface area contributed by atoms with E-state index in [-0.39, 0.29) is 0 Å². The fourth-order valence-corrected chi connectivity index (χ4v) is 1.23. The number of halogens is 2. The molecule has 0 aromatic heterocycles. The van der Waals surface area contributed by atoms with Crippen molar-refractivity contribution in [3.8, 4) is 0 Å². The van der Waals surface area contributed by atoms with E-state index in [1.807, 2.05) is 12.2 Å². The SMILES string of the molecule is CC1C=C(Cl)C(Cl)=CC1. The van der Waals surface area contributed by atoms with Crippen LogP contribution in [0.4, 0.5) is 0 Å². The average molecular weight is 163 g/mol. The molecule has 0 bridgehead atoms. The third-order valence-corrected chi connectivity index (χ3v) is 2.11. The van der Waals surface area contributed by atoms with E-state index in [4.69, 9.17) is 23.2 Å². The highest BCUT2D eigenvalue weighted by atomic mass is 35.5. The number of hydrogen-bond donors (Lipinski definition) is 0. The van der Waals surface area contributed by atoms with Gasteiger partial charge in [-0.1, -0.05) is 42.3 Å². The highest BCUT2D eigenvalue weighted by Crippen LogP contribution is 2.27. The standard InChI is InChI=1S/C7H8Cl2/c1-5-2-3-6(8)7(9)4-5/h3-5H,2H2,1H3. The molecule has 0 aromatic rings. The topological polar surface area (TPSA) is 0 Å². The highest BCUT2D eigenvalue weighted by Gasteiger charge is 2.07. The molecule has 1 rings (SSSR count). The van der Waals surface area contributed by atoms with Gasteiger partial charge in [0.25, 0.3) is 0 Å². The first-order chi connectivity index (χ1) is 4.20. The van der Waals surface area contributed by atoms with Crippen LogP contribution in [-0.4, -0.2) is 0 Å². The lowest BCUT2D eigenvalue weighted by Gasteiger charge is -2.09. The van der Waals surface area contributed by atoms with Gasteiger partial charge in [-0.15, -0.1) is 0 Å². The van der Waals surface area contributed by atoms with Crippen LogP contribution in [0.3, 0.4) is 0 Å². The maximum atomic E-state index is 5.72. The van der Waals surface area contributed by atoms with Crippen LogP contribution in [0.1, 0.15) is 13.3 Å². The molecule has 1 atom stereocenters. The number of rotatable bonds is 0. The van der Waals surface area contributed by atoms with Crippen LogP contribution in [0, 0.1) is 5.92 Å². The van der Waals surface area contributed by atoms with Crippen LogP contribution in [0.2, 0.25) is 0 Å². The minimum atomic E-state index is 0.542. The van der Waals surface area contributed by atoms with Gasteiger partial charge in [0, 0.05) is 0 Å². The smallest absolute Gasteiger partial charge is 0.0552 e. The summed E-state index contributed by atoms with van der Waals surface area (Å²) >= 11 is 11.4. The van der Waals surface area contributed by atoms with E-state index in [9.17, 15) is 0 Å². The molecule has 0 radical (unpaired) electrons. The van der Waals surface area contributed by atoms with Crippen molar-refractivity contribution in [3.05, 3.63) is 22.2 Å². The molecule has 1 aliphatic rings. The molecule has 0 amide bonds. The molecule has 0 aromatic carbocycles. The summed E-state index contributed by atoms with van der Waals surface area (Å²) in [5.74, 6) is 0.542.